The molecule has 1 atom stereocenters. The van der Waals surface area contributed by atoms with Crippen LogP contribution >= 0.6 is 0 Å². The Labute approximate surface area is 77.5 Å². The SMILES string of the molecule is COc1ccc2c(c1)C(CN)OC2. The maximum Gasteiger partial charge on any atom is 0.119 e. The highest BCUT2D eigenvalue weighted by Gasteiger charge is 2.21. The smallest absolute Gasteiger partial charge is 0.119 e. The number of benzene rings is 1. The molecule has 1 aliphatic rings. The summed E-state index contributed by atoms with van der Waals surface area (Å²) < 4.78 is 10.6. The normalized spacial score (nSPS) is 20.0. The van der Waals surface area contributed by atoms with E-state index in [-0.39, 0.29) is 6.10 Å². The lowest BCUT2D eigenvalue weighted by molar-refractivity contribution is 0.0723. The van der Waals surface area contributed by atoms with E-state index in [9.17, 15) is 0 Å². The van der Waals surface area contributed by atoms with Crippen LogP contribution in [0.25, 0.3) is 0 Å². The predicted molar refractivity (Wildman–Crippen MR) is 49.6 cm³/mol. The molecule has 0 saturated heterocycles. The van der Waals surface area contributed by atoms with Gasteiger partial charge in [0.2, 0.25) is 0 Å². The highest BCUT2D eigenvalue weighted by molar-refractivity contribution is 5.38. The second-order valence-electron chi connectivity index (χ2n) is 3.10. The second-order valence-corrected chi connectivity index (χ2v) is 3.10. The number of fused-ring (bicyclic) bond motifs is 1. The van der Waals surface area contributed by atoms with Crippen molar-refractivity contribution in [3.63, 3.8) is 0 Å². The second kappa shape index (κ2) is 3.36. The summed E-state index contributed by atoms with van der Waals surface area (Å²) in [4.78, 5) is 0. The van der Waals surface area contributed by atoms with Gasteiger partial charge >= 0.3 is 0 Å². The van der Waals surface area contributed by atoms with Crippen LogP contribution in [-0.4, -0.2) is 13.7 Å². The predicted octanol–water partition coefficient (Wildman–Crippen LogP) is 1.23. The largest absolute Gasteiger partial charge is 0.497 e. The zero-order valence-electron chi connectivity index (χ0n) is 7.62. The molecule has 13 heavy (non-hydrogen) atoms. The molecular formula is C10H13NO2. The van der Waals surface area contributed by atoms with Crippen molar-refractivity contribution in [1.29, 1.82) is 0 Å². The molecule has 3 heteroatoms. The fraction of sp³-hybridized carbons (Fsp3) is 0.400. The van der Waals surface area contributed by atoms with Crippen molar-refractivity contribution in [3.8, 4) is 5.75 Å². The first kappa shape index (κ1) is 8.53. The molecule has 2 N–H and O–H groups in total. The third kappa shape index (κ3) is 1.41. The van der Waals surface area contributed by atoms with Gasteiger partial charge in [-0.15, -0.1) is 0 Å². The van der Waals surface area contributed by atoms with Gasteiger partial charge in [-0.2, -0.15) is 0 Å². The van der Waals surface area contributed by atoms with Crippen LogP contribution in [0.5, 0.6) is 5.75 Å². The third-order valence-corrected chi connectivity index (χ3v) is 2.35. The number of rotatable bonds is 2. The molecule has 3 nitrogen and oxygen atoms in total. The van der Waals surface area contributed by atoms with Crippen molar-refractivity contribution in [2.75, 3.05) is 13.7 Å². The van der Waals surface area contributed by atoms with Crippen molar-refractivity contribution in [3.05, 3.63) is 29.3 Å². The molecule has 1 unspecified atom stereocenters. The minimum absolute atomic E-state index is 0.0464. The molecule has 0 saturated carbocycles. The average molecular weight is 179 g/mol. The molecular weight excluding hydrogens is 166 g/mol. The van der Waals surface area contributed by atoms with E-state index in [0.29, 0.717) is 13.2 Å². The topological polar surface area (TPSA) is 44.5 Å². The zero-order chi connectivity index (χ0) is 9.26. The van der Waals surface area contributed by atoms with Crippen molar-refractivity contribution in [2.45, 2.75) is 12.7 Å². The summed E-state index contributed by atoms with van der Waals surface area (Å²) in [6.07, 6.45) is 0.0464. The average Bonchev–Trinajstić information content (AvgIpc) is 2.59. The minimum Gasteiger partial charge on any atom is -0.497 e. The molecule has 0 fully saturated rings. The van der Waals surface area contributed by atoms with Crippen molar-refractivity contribution in [2.24, 2.45) is 5.73 Å². The molecule has 1 aromatic carbocycles. The van der Waals surface area contributed by atoms with Crippen LogP contribution in [0.2, 0.25) is 0 Å². The van der Waals surface area contributed by atoms with Crippen LogP contribution < -0.4 is 10.5 Å². The van der Waals surface area contributed by atoms with Gasteiger partial charge in [-0.25, -0.2) is 0 Å². The van der Waals surface area contributed by atoms with E-state index >= 15 is 0 Å². The molecule has 0 radical (unpaired) electrons. The Hall–Kier alpha value is -1.06. The summed E-state index contributed by atoms with van der Waals surface area (Å²) >= 11 is 0. The lowest BCUT2D eigenvalue weighted by Gasteiger charge is -2.08. The number of ether oxygens (including phenoxy) is 2. The molecule has 70 valence electrons. The van der Waals surface area contributed by atoms with Crippen LogP contribution in [0.15, 0.2) is 18.2 Å². The maximum absolute atomic E-state index is 5.57. The van der Waals surface area contributed by atoms with Crippen LogP contribution in [0.1, 0.15) is 17.2 Å². The van der Waals surface area contributed by atoms with E-state index in [0.717, 1.165) is 5.75 Å². The van der Waals surface area contributed by atoms with Gasteiger partial charge in [0.05, 0.1) is 19.8 Å². The zero-order valence-corrected chi connectivity index (χ0v) is 7.62. The summed E-state index contributed by atoms with van der Waals surface area (Å²) in [7, 11) is 1.66. The van der Waals surface area contributed by atoms with Crippen molar-refractivity contribution < 1.29 is 9.47 Å². The molecule has 2 rings (SSSR count). The summed E-state index contributed by atoms with van der Waals surface area (Å²) in [5.74, 6) is 0.864. The Morgan fingerprint density at radius 1 is 1.62 bits per heavy atom. The van der Waals surface area contributed by atoms with Crippen molar-refractivity contribution >= 4 is 0 Å². The summed E-state index contributed by atoms with van der Waals surface area (Å²) in [6, 6.07) is 5.98. The molecule has 0 aliphatic carbocycles. The van der Waals surface area contributed by atoms with E-state index in [2.05, 4.69) is 0 Å². The standard InChI is InChI=1S/C10H13NO2/c1-12-8-3-2-7-6-13-10(5-11)9(7)4-8/h2-4,10H,5-6,11H2,1H3. The van der Waals surface area contributed by atoms with Crippen LogP contribution in [0.3, 0.4) is 0 Å². The molecule has 1 aromatic rings. The Bertz CT molecular complexity index is 312. The molecule has 0 spiro atoms. The first-order chi connectivity index (χ1) is 6.35. The van der Waals surface area contributed by atoms with Gasteiger partial charge in [-0.05, 0) is 23.3 Å². The van der Waals surface area contributed by atoms with Gasteiger partial charge in [0.25, 0.3) is 0 Å². The Morgan fingerprint density at radius 3 is 3.15 bits per heavy atom. The van der Waals surface area contributed by atoms with Crippen LogP contribution in [0, 0.1) is 0 Å². The maximum atomic E-state index is 5.57. The number of hydrogen-bond donors (Lipinski definition) is 1. The van der Waals surface area contributed by atoms with E-state index < -0.39 is 0 Å². The Kier molecular flexibility index (Phi) is 2.20. The van der Waals surface area contributed by atoms with Gasteiger partial charge in [0, 0.05) is 6.54 Å². The van der Waals surface area contributed by atoms with Gasteiger partial charge in [-0.3, -0.25) is 0 Å². The van der Waals surface area contributed by atoms with E-state index in [1.807, 2.05) is 18.2 Å². The molecule has 1 heterocycles. The first-order valence-electron chi connectivity index (χ1n) is 4.33. The van der Waals surface area contributed by atoms with Gasteiger partial charge < -0.3 is 15.2 Å². The lowest BCUT2D eigenvalue weighted by Crippen LogP contribution is -2.10. The molecule has 0 bridgehead atoms. The summed E-state index contributed by atoms with van der Waals surface area (Å²) in [5, 5.41) is 0. The Balaban J connectivity index is 2.37. The van der Waals surface area contributed by atoms with Gasteiger partial charge in [0.15, 0.2) is 0 Å². The van der Waals surface area contributed by atoms with Crippen LogP contribution in [-0.2, 0) is 11.3 Å². The number of nitrogens with two attached hydrogens (primary N) is 1. The summed E-state index contributed by atoms with van der Waals surface area (Å²) in [5.41, 5.74) is 7.96. The van der Waals surface area contributed by atoms with E-state index in [1.54, 1.807) is 7.11 Å². The third-order valence-electron chi connectivity index (χ3n) is 2.35. The number of hydrogen-bond acceptors (Lipinski definition) is 3. The van der Waals surface area contributed by atoms with E-state index in [1.165, 1.54) is 11.1 Å². The lowest BCUT2D eigenvalue weighted by atomic mass is 10.1. The fourth-order valence-corrected chi connectivity index (χ4v) is 1.61. The highest BCUT2D eigenvalue weighted by atomic mass is 16.5. The Morgan fingerprint density at radius 2 is 2.46 bits per heavy atom. The van der Waals surface area contributed by atoms with Crippen molar-refractivity contribution in [1.82, 2.24) is 0 Å². The monoisotopic (exact) mass is 179 g/mol. The first-order valence-corrected chi connectivity index (χ1v) is 4.33. The van der Waals surface area contributed by atoms with Gasteiger partial charge in [0.1, 0.15) is 5.75 Å². The summed E-state index contributed by atoms with van der Waals surface area (Å²) in [6.45, 7) is 1.20. The minimum atomic E-state index is 0.0464. The number of methoxy groups -OCH3 is 1. The quantitative estimate of drug-likeness (QED) is 0.742. The molecule has 0 aromatic heterocycles. The van der Waals surface area contributed by atoms with Crippen LogP contribution in [0.4, 0.5) is 0 Å². The molecule has 0 amide bonds. The van der Waals surface area contributed by atoms with Gasteiger partial charge in [-0.1, -0.05) is 6.07 Å². The fourth-order valence-electron chi connectivity index (χ4n) is 1.61. The molecule has 1 aliphatic heterocycles. The van der Waals surface area contributed by atoms with E-state index in [4.69, 9.17) is 15.2 Å². The highest BCUT2D eigenvalue weighted by Crippen LogP contribution is 2.32.